The van der Waals surface area contributed by atoms with Crippen LogP contribution < -0.4 is 10.6 Å². The summed E-state index contributed by atoms with van der Waals surface area (Å²) < 4.78 is 19.0. The van der Waals surface area contributed by atoms with Crippen molar-refractivity contribution in [1.82, 2.24) is 10.3 Å². The molecule has 8 heteroatoms. The highest BCUT2D eigenvalue weighted by Gasteiger charge is 2.42. The van der Waals surface area contributed by atoms with Crippen molar-refractivity contribution >= 4 is 28.3 Å². The van der Waals surface area contributed by atoms with Gasteiger partial charge in [-0.1, -0.05) is 36.4 Å². The Hall–Kier alpha value is -3.10. The van der Waals surface area contributed by atoms with Crippen LogP contribution in [-0.4, -0.2) is 30.0 Å². The molecule has 0 spiro atoms. The number of halogens is 1. The molecule has 1 saturated heterocycles. The number of nitrogens with zero attached hydrogens (tertiary/aromatic N) is 1. The third-order valence-electron chi connectivity index (χ3n) is 6.03. The van der Waals surface area contributed by atoms with E-state index >= 15 is 0 Å². The molecule has 0 radical (unpaired) electrons. The van der Waals surface area contributed by atoms with Crippen LogP contribution in [0.1, 0.15) is 43.9 Å². The Morgan fingerprint density at radius 1 is 1.09 bits per heavy atom. The number of benzene rings is 2. The maximum Gasteiger partial charge on any atom is 0.236 e. The molecule has 3 aromatic rings. The summed E-state index contributed by atoms with van der Waals surface area (Å²) in [6, 6.07) is 13.9. The van der Waals surface area contributed by atoms with Gasteiger partial charge >= 0.3 is 0 Å². The van der Waals surface area contributed by atoms with Crippen LogP contribution in [0.2, 0.25) is 0 Å². The fourth-order valence-corrected chi connectivity index (χ4v) is 4.86. The summed E-state index contributed by atoms with van der Waals surface area (Å²) in [5, 5.41) is 8.26. The third-order valence-corrected chi connectivity index (χ3v) is 6.79. The smallest absolute Gasteiger partial charge is 0.236 e. The number of ether oxygens (including phenoxy) is 1. The normalized spacial score (nSPS) is 16.1. The Morgan fingerprint density at radius 2 is 1.76 bits per heavy atom. The van der Waals surface area contributed by atoms with E-state index in [1.807, 2.05) is 36.6 Å². The lowest BCUT2D eigenvalue weighted by Gasteiger charge is -2.36. The number of hydrogen-bond acceptors (Lipinski definition) is 5. The van der Waals surface area contributed by atoms with Gasteiger partial charge in [-0.15, -0.1) is 11.3 Å². The van der Waals surface area contributed by atoms with Crippen LogP contribution in [-0.2, 0) is 19.7 Å². The molecule has 6 nitrogen and oxygen atoms in total. The number of thiazole rings is 1. The van der Waals surface area contributed by atoms with E-state index in [4.69, 9.17) is 4.74 Å². The van der Waals surface area contributed by atoms with Crippen molar-refractivity contribution in [3.05, 3.63) is 70.9 Å². The lowest BCUT2D eigenvalue weighted by atomic mass is 9.73. The Kier molecular flexibility index (Phi) is 6.85. The first-order valence-electron chi connectivity index (χ1n) is 10.9. The number of rotatable bonds is 6. The van der Waals surface area contributed by atoms with Crippen LogP contribution in [0.4, 0.5) is 9.52 Å². The van der Waals surface area contributed by atoms with Gasteiger partial charge in [0.25, 0.3) is 0 Å². The maximum absolute atomic E-state index is 13.5. The topological polar surface area (TPSA) is 80.3 Å². The van der Waals surface area contributed by atoms with E-state index in [-0.39, 0.29) is 23.7 Å². The van der Waals surface area contributed by atoms with Gasteiger partial charge in [0, 0.05) is 31.1 Å². The Morgan fingerprint density at radius 3 is 2.39 bits per heavy atom. The molecule has 0 saturated carbocycles. The van der Waals surface area contributed by atoms with Gasteiger partial charge in [-0.25, -0.2) is 9.37 Å². The molecular weight excluding hydrogens is 441 g/mol. The first kappa shape index (κ1) is 23.1. The summed E-state index contributed by atoms with van der Waals surface area (Å²) in [7, 11) is 0. The summed E-state index contributed by atoms with van der Waals surface area (Å²) in [6.07, 6.45) is 1.05. The average molecular weight is 468 g/mol. The highest BCUT2D eigenvalue weighted by atomic mass is 32.1. The third kappa shape index (κ3) is 5.12. The minimum atomic E-state index is -0.778. The van der Waals surface area contributed by atoms with Crippen molar-refractivity contribution < 1.29 is 18.7 Å². The molecule has 1 fully saturated rings. The number of carbonyl (C=O) groups excluding carboxylic acids is 2. The summed E-state index contributed by atoms with van der Waals surface area (Å²) in [5.74, 6) is -0.560. The molecule has 1 aliphatic rings. The van der Waals surface area contributed by atoms with Crippen LogP contribution >= 0.6 is 11.3 Å². The SMILES string of the molecule is CC(=O)NC(C)c1ccc(-c2csc(NC(=O)C3(c4ccc(F)cc4)CCOCC3)n2)cc1. The van der Waals surface area contributed by atoms with E-state index < -0.39 is 5.41 Å². The molecule has 4 rings (SSSR count). The van der Waals surface area contributed by atoms with E-state index in [0.717, 1.165) is 22.4 Å². The van der Waals surface area contributed by atoms with Crippen molar-refractivity contribution in [2.24, 2.45) is 0 Å². The van der Waals surface area contributed by atoms with Gasteiger partial charge in [0.05, 0.1) is 17.2 Å². The predicted octanol–water partition coefficient (Wildman–Crippen LogP) is 4.83. The molecule has 2 heterocycles. The van der Waals surface area contributed by atoms with Gasteiger partial charge in [0.2, 0.25) is 11.8 Å². The quantitative estimate of drug-likeness (QED) is 0.544. The summed E-state index contributed by atoms with van der Waals surface area (Å²) in [6.45, 7) is 4.37. The molecule has 1 atom stereocenters. The fourth-order valence-electron chi connectivity index (χ4n) is 4.15. The lowest BCUT2D eigenvalue weighted by Crippen LogP contribution is -2.44. The highest BCUT2D eigenvalue weighted by molar-refractivity contribution is 7.14. The van der Waals surface area contributed by atoms with E-state index in [1.54, 1.807) is 12.1 Å². The monoisotopic (exact) mass is 467 g/mol. The van der Waals surface area contributed by atoms with Gasteiger partial charge in [0.1, 0.15) is 5.82 Å². The summed E-state index contributed by atoms with van der Waals surface area (Å²) >= 11 is 1.36. The van der Waals surface area contributed by atoms with E-state index in [9.17, 15) is 14.0 Å². The number of hydrogen-bond donors (Lipinski definition) is 2. The second kappa shape index (κ2) is 9.80. The number of aromatic nitrogens is 1. The zero-order chi connectivity index (χ0) is 23.4. The van der Waals surface area contributed by atoms with Gasteiger partial charge < -0.3 is 15.4 Å². The molecule has 2 amide bonds. The molecule has 172 valence electrons. The van der Waals surface area contributed by atoms with Crippen molar-refractivity contribution in [1.29, 1.82) is 0 Å². The molecule has 2 N–H and O–H groups in total. The van der Waals surface area contributed by atoms with Gasteiger partial charge in [-0.2, -0.15) is 0 Å². The van der Waals surface area contributed by atoms with Crippen molar-refractivity contribution in [3.8, 4) is 11.3 Å². The molecule has 0 bridgehead atoms. The van der Waals surface area contributed by atoms with Crippen LogP contribution in [0, 0.1) is 5.82 Å². The molecule has 1 aliphatic heterocycles. The minimum Gasteiger partial charge on any atom is -0.381 e. The van der Waals surface area contributed by atoms with Crippen LogP contribution in [0.3, 0.4) is 0 Å². The molecule has 1 aromatic heterocycles. The predicted molar refractivity (Wildman–Crippen MR) is 127 cm³/mol. The standard InChI is InChI=1S/C25H26FN3O3S/c1-16(27-17(2)30)18-3-5-19(6-4-18)22-15-33-24(28-22)29-23(31)25(11-13-32-14-12-25)20-7-9-21(26)10-8-20/h3-10,15-16H,11-14H2,1-2H3,(H,27,30)(H,28,29,31). The first-order chi connectivity index (χ1) is 15.9. The number of nitrogens with one attached hydrogen (secondary N) is 2. The lowest BCUT2D eigenvalue weighted by molar-refractivity contribution is -0.125. The molecule has 1 unspecified atom stereocenters. The number of carbonyl (C=O) groups is 2. The largest absolute Gasteiger partial charge is 0.381 e. The molecule has 0 aliphatic carbocycles. The maximum atomic E-state index is 13.5. The second-order valence-electron chi connectivity index (χ2n) is 8.24. The van der Waals surface area contributed by atoms with Gasteiger partial charge in [-0.05, 0) is 43.0 Å². The van der Waals surface area contributed by atoms with Crippen molar-refractivity contribution in [3.63, 3.8) is 0 Å². The zero-order valence-corrected chi connectivity index (χ0v) is 19.4. The van der Waals surface area contributed by atoms with Gasteiger partial charge in [-0.3, -0.25) is 9.59 Å². The zero-order valence-electron chi connectivity index (χ0n) is 18.6. The van der Waals surface area contributed by atoms with Crippen LogP contribution in [0.5, 0.6) is 0 Å². The van der Waals surface area contributed by atoms with Crippen LogP contribution in [0.25, 0.3) is 11.3 Å². The second-order valence-corrected chi connectivity index (χ2v) is 9.10. The van der Waals surface area contributed by atoms with Crippen LogP contribution in [0.15, 0.2) is 53.9 Å². The number of amides is 2. The first-order valence-corrected chi connectivity index (χ1v) is 11.7. The van der Waals surface area contributed by atoms with Gasteiger partial charge in [0.15, 0.2) is 5.13 Å². The van der Waals surface area contributed by atoms with E-state index in [1.165, 1.54) is 30.4 Å². The molecule has 2 aromatic carbocycles. The Balaban J connectivity index is 1.51. The van der Waals surface area contributed by atoms with Crippen molar-refractivity contribution in [2.75, 3.05) is 18.5 Å². The molecule has 33 heavy (non-hydrogen) atoms. The minimum absolute atomic E-state index is 0.0746. The average Bonchev–Trinajstić information content (AvgIpc) is 3.28. The van der Waals surface area contributed by atoms with E-state index in [0.29, 0.717) is 31.2 Å². The highest BCUT2D eigenvalue weighted by Crippen LogP contribution is 2.37. The van der Waals surface area contributed by atoms with E-state index in [2.05, 4.69) is 15.6 Å². The Bertz CT molecular complexity index is 1120. The fraction of sp³-hybridized carbons (Fsp3) is 0.320. The summed E-state index contributed by atoms with van der Waals surface area (Å²) in [4.78, 5) is 29.3. The number of anilines is 1. The molecular formula is C25H26FN3O3S. The van der Waals surface area contributed by atoms with Crippen molar-refractivity contribution in [2.45, 2.75) is 38.1 Å². The Labute approximate surface area is 196 Å². The summed E-state index contributed by atoms with van der Waals surface area (Å²) in [5.41, 5.74) is 2.68.